The van der Waals surface area contributed by atoms with Crippen LogP contribution >= 0.6 is 0 Å². The van der Waals surface area contributed by atoms with Crippen molar-refractivity contribution in [3.63, 3.8) is 0 Å². The Hall–Kier alpha value is -7.51. The first-order valence-electron chi connectivity index (χ1n) is 18.4. The summed E-state index contributed by atoms with van der Waals surface area (Å²) in [4.78, 5) is 15.5. The molecule has 1 aliphatic rings. The minimum atomic E-state index is 0.557. The van der Waals surface area contributed by atoms with Gasteiger partial charge >= 0.3 is 0 Å². The molecule has 0 spiro atoms. The summed E-state index contributed by atoms with van der Waals surface area (Å²) >= 11 is 0. The molecule has 11 aromatic rings. The first-order chi connectivity index (χ1) is 27.3. The molecule has 0 fully saturated rings. The van der Waals surface area contributed by atoms with E-state index in [0.29, 0.717) is 29.9 Å². The summed E-state index contributed by atoms with van der Waals surface area (Å²) < 4.78 is 15.5. The molecule has 5 heterocycles. The molecule has 0 saturated heterocycles. The van der Waals surface area contributed by atoms with Crippen LogP contribution in [0.3, 0.4) is 0 Å². The maximum Gasteiger partial charge on any atom is 0.202 e. The molecule has 0 unspecified atom stereocenters. The lowest BCUT2D eigenvalue weighted by Gasteiger charge is -2.15. The maximum absolute atomic E-state index is 6.88. The van der Waals surface area contributed by atoms with Crippen molar-refractivity contribution < 1.29 is 8.83 Å². The van der Waals surface area contributed by atoms with Crippen molar-refractivity contribution in [2.75, 3.05) is 11.9 Å². The van der Waals surface area contributed by atoms with Crippen molar-refractivity contribution in [1.29, 1.82) is 0 Å². The van der Waals surface area contributed by atoms with E-state index < -0.39 is 0 Å². The van der Waals surface area contributed by atoms with Crippen molar-refractivity contribution >= 4 is 76.9 Å². The Labute approximate surface area is 313 Å². The van der Waals surface area contributed by atoms with E-state index in [4.69, 9.17) is 23.8 Å². The molecule has 4 aromatic heterocycles. The lowest BCUT2D eigenvalue weighted by atomic mass is 9.99. The van der Waals surface area contributed by atoms with Gasteiger partial charge in [0, 0.05) is 55.6 Å². The summed E-state index contributed by atoms with van der Waals surface area (Å²) in [6.45, 7) is 0.557. The molecule has 0 aliphatic carbocycles. The predicted octanol–water partition coefficient (Wildman–Crippen LogP) is 12.0. The Morgan fingerprint density at radius 1 is 0.527 bits per heavy atom. The van der Waals surface area contributed by atoms with Crippen molar-refractivity contribution in [3.8, 4) is 28.5 Å². The zero-order valence-corrected chi connectivity index (χ0v) is 29.3. The van der Waals surface area contributed by atoms with Gasteiger partial charge in [-0.3, -0.25) is 0 Å². The third-order valence-corrected chi connectivity index (χ3v) is 10.9. The second-order valence-electron chi connectivity index (χ2n) is 13.9. The number of anilines is 1. The quantitative estimate of drug-likeness (QED) is 0.196. The van der Waals surface area contributed by atoms with Crippen molar-refractivity contribution in [2.45, 2.75) is 0 Å². The zero-order valence-electron chi connectivity index (χ0n) is 29.3. The Morgan fingerprint density at radius 2 is 1.25 bits per heavy atom. The van der Waals surface area contributed by atoms with E-state index >= 15 is 0 Å². The fourth-order valence-electron chi connectivity index (χ4n) is 8.50. The molecule has 0 amide bonds. The Bertz CT molecular complexity index is 3390. The second kappa shape index (κ2) is 11.5. The summed E-state index contributed by atoms with van der Waals surface area (Å²) in [5, 5.41) is 11.3. The van der Waals surface area contributed by atoms with E-state index in [1.165, 1.54) is 21.5 Å². The SMILES string of the molecule is C1=C(c2nc(-c3ccccc3)nc(-c3cccc4oc5ccccc5c34)n2)c2c(oc3c(-n4c5ccccc5c5ccc6ccccc6c54)cccc23)NC1. The van der Waals surface area contributed by atoms with Gasteiger partial charge in [-0.1, -0.05) is 133 Å². The maximum atomic E-state index is 6.88. The number of nitrogens with one attached hydrogen (secondary N) is 1. The smallest absolute Gasteiger partial charge is 0.202 e. The third kappa shape index (κ3) is 4.41. The predicted molar refractivity (Wildman–Crippen MR) is 222 cm³/mol. The first-order valence-corrected chi connectivity index (χ1v) is 18.4. The lowest BCUT2D eigenvalue weighted by Crippen LogP contribution is -2.10. The van der Waals surface area contributed by atoms with Crippen LogP contribution < -0.4 is 5.32 Å². The summed E-state index contributed by atoms with van der Waals surface area (Å²) in [6.07, 6.45) is 2.15. The summed E-state index contributed by atoms with van der Waals surface area (Å²) in [5.41, 5.74) is 9.25. The van der Waals surface area contributed by atoms with Crippen molar-refractivity contribution in [1.82, 2.24) is 19.5 Å². The van der Waals surface area contributed by atoms with Crippen LogP contribution in [0, 0.1) is 0 Å². The van der Waals surface area contributed by atoms with E-state index in [1.807, 2.05) is 60.7 Å². The Kier molecular flexibility index (Phi) is 6.27. The summed E-state index contributed by atoms with van der Waals surface area (Å²) in [6, 6.07) is 52.3. The van der Waals surface area contributed by atoms with Gasteiger partial charge < -0.3 is 18.7 Å². The molecule has 1 N–H and O–H groups in total. The summed E-state index contributed by atoms with van der Waals surface area (Å²) in [5.74, 6) is 2.44. The van der Waals surface area contributed by atoms with Gasteiger partial charge in [0.05, 0.1) is 22.3 Å². The van der Waals surface area contributed by atoms with Gasteiger partial charge in [-0.15, -0.1) is 0 Å². The average molecular weight is 708 g/mol. The molecule has 55 heavy (non-hydrogen) atoms. The fourth-order valence-corrected chi connectivity index (χ4v) is 8.50. The molecule has 7 aromatic carbocycles. The molecular weight excluding hydrogens is 679 g/mol. The van der Waals surface area contributed by atoms with Crippen LogP contribution in [0.4, 0.5) is 5.88 Å². The van der Waals surface area contributed by atoms with E-state index in [-0.39, 0.29) is 0 Å². The molecule has 0 saturated carbocycles. The zero-order chi connectivity index (χ0) is 36.0. The number of aromatic nitrogens is 4. The second-order valence-corrected chi connectivity index (χ2v) is 13.9. The standard InChI is InChI=1S/C48H29N5O2/c1-2-13-29(14-3-1)45-50-46(35-19-11-23-40-41(35)33-17-7-9-22-39(33)54-40)52-47(51-45)36-26-27-49-48-42(36)34-18-10-21-38(44(34)55-48)53-37-20-8-6-16-31(37)32-25-24-28-12-4-5-15-30(28)43(32)53/h1-26,49H,27H2. The molecule has 1 aliphatic heterocycles. The normalized spacial score (nSPS) is 12.9. The highest BCUT2D eigenvalue weighted by molar-refractivity contribution is 6.19. The molecule has 7 heteroatoms. The van der Waals surface area contributed by atoms with Crippen LogP contribution in [0.2, 0.25) is 0 Å². The van der Waals surface area contributed by atoms with Gasteiger partial charge in [0.2, 0.25) is 5.88 Å². The van der Waals surface area contributed by atoms with Gasteiger partial charge in [-0.2, -0.15) is 0 Å². The number of hydrogen-bond acceptors (Lipinski definition) is 6. The van der Waals surface area contributed by atoms with E-state index in [0.717, 1.165) is 71.9 Å². The molecule has 258 valence electrons. The topological polar surface area (TPSA) is 81.9 Å². The highest BCUT2D eigenvalue weighted by atomic mass is 16.4. The van der Waals surface area contributed by atoms with Gasteiger partial charge in [-0.25, -0.2) is 15.0 Å². The molecule has 0 bridgehead atoms. The van der Waals surface area contributed by atoms with Crippen molar-refractivity contribution in [3.05, 3.63) is 169 Å². The third-order valence-electron chi connectivity index (χ3n) is 10.9. The van der Waals surface area contributed by atoms with Gasteiger partial charge in [0.15, 0.2) is 23.1 Å². The first kappa shape index (κ1) is 30.0. The highest BCUT2D eigenvalue weighted by Gasteiger charge is 2.28. The number of hydrogen-bond donors (Lipinski definition) is 1. The fraction of sp³-hybridized carbons (Fsp3) is 0.0208. The number of fused-ring (bicyclic) bond motifs is 11. The molecule has 12 rings (SSSR count). The lowest BCUT2D eigenvalue weighted by molar-refractivity contribution is 0.625. The van der Waals surface area contributed by atoms with E-state index in [9.17, 15) is 0 Å². The van der Waals surface area contributed by atoms with Crippen LogP contribution in [-0.4, -0.2) is 26.1 Å². The monoisotopic (exact) mass is 707 g/mol. The molecule has 0 radical (unpaired) electrons. The number of nitrogens with zero attached hydrogens (tertiary/aromatic N) is 4. The molecule has 0 atom stereocenters. The van der Waals surface area contributed by atoms with Crippen LogP contribution in [-0.2, 0) is 0 Å². The van der Waals surface area contributed by atoms with E-state index in [2.05, 4.69) is 107 Å². The molecule has 7 nitrogen and oxygen atoms in total. The number of para-hydroxylation sites is 3. The molecular formula is C48H29N5O2. The average Bonchev–Trinajstić information content (AvgIpc) is 3.94. The van der Waals surface area contributed by atoms with Crippen LogP contribution in [0.25, 0.3) is 99.5 Å². The number of benzene rings is 7. The van der Waals surface area contributed by atoms with Crippen LogP contribution in [0.1, 0.15) is 11.4 Å². The number of rotatable bonds is 4. The van der Waals surface area contributed by atoms with Gasteiger partial charge in [0.25, 0.3) is 0 Å². The van der Waals surface area contributed by atoms with Gasteiger partial charge in [0.1, 0.15) is 11.2 Å². The number of furan rings is 2. The highest BCUT2D eigenvalue weighted by Crippen LogP contribution is 2.45. The van der Waals surface area contributed by atoms with Crippen molar-refractivity contribution in [2.24, 2.45) is 0 Å². The minimum Gasteiger partial charge on any atom is -0.456 e. The Morgan fingerprint density at radius 3 is 2.18 bits per heavy atom. The Balaban J connectivity index is 1.10. The largest absolute Gasteiger partial charge is 0.456 e. The van der Waals surface area contributed by atoms with Gasteiger partial charge in [-0.05, 0) is 29.7 Å². The van der Waals surface area contributed by atoms with Crippen LogP contribution in [0.15, 0.2) is 167 Å². The van der Waals surface area contributed by atoms with E-state index in [1.54, 1.807) is 0 Å². The van der Waals surface area contributed by atoms with Crippen LogP contribution in [0.5, 0.6) is 0 Å². The summed E-state index contributed by atoms with van der Waals surface area (Å²) in [7, 11) is 0. The minimum absolute atomic E-state index is 0.557.